The Bertz CT molecular complexity index is 431. The zero-order chi connectivity index (χ0) is 14.5. The molecule has 1 saturated heterocycles. The molecular weight excluding hydrogens is 264 g/mol. The van der Waals surface area contributed by atoms with Gasteiger partial charge in [-0.15, -0.1) is 0 Å². The predicted octanol–water partition coefficient (Wildman–Crippen LogP) is 3.68. The molecule has 2 rings (SSSR count). The van der Waals surface area contributed by atoms with E-state index in [1.165, 1.54) is 35.7 Å². The highest BCUT2D eigenvalue weighted by molar-refractivity contribution is 8.00. The Morgan fingerprint density at radius 3 is 2.85 bits per heavy atom. The van der Waals surface area contributed by atoms with Gasteiger partial charge in [-0.1, -0.05) is 26.8 Å². The van der Waals surface area contributed by atoms with E-state index in [0.717, 1.165) is 18.3 Å². The van der Waals surface area contributed by atoms with Gasteiger partial charge < -0.3 is 10.2 Å². The number of rotatable bonds is 5. The molecule has 1 unspecified atom stereocenters. The van der Waals surface area contributed by atoms with Crippen molar-refractivity contribution in [1.82, 2.24) is 5.32 Å². The van der Waals surface area contributed by atoms with Gasteiger partial charge in [-0.2, -0.15) is 11.8 Å². The van der Waals surface area contributed by atoms with Crippen LogP contribution in [0.4, 0.5) is 5.69 Å². The molecule has 112 valence electrons. The predicted molar refractivity (Wildman–Crippen MR) is 91.9 cm³/mol. The van der Waals surface area contributed by atoms with Crippen molar-refractivity contribution in [3.05, 3.63) is 29.3 Å². The smallest absolute Gasteiger partial charge is 0.0369 e. The summed E-state index contributed by atoms with van der Waals surface area (Å²) < 4.78 is 0. The highest BCUT2D eigenvalue weighted by atomic mass is 32.2. The molecule has 0 radical (unpaired) electrons. The Labute approximate surface area is 128 Å². The lowest BCUT2D eigenvalue weighted by Crippen LogP contribution is -2.36. The van der Waals surface area contributed by atoms with E-state index in [9.17, 15) is 0 Å². The molecule has 0 aromatic heterocycles. The SMILES string of the molecule is Cc1cc(N2CCSC(C)C2)ccc1CNCC(C)C. The largest absolute Gasteiger partial charge is 0.370 e. The fourth-order valence-corrected chi connectivity index (χ4v) is 3.64. The first-order valence-electron chi connectivity index (χ1n) is 7.73. The van der Waals surface area contributed by atoms with Gasteiger partial charge in [-0.05, 0) is 42.6 Å². The first-order chi connectivity index (χ1) is 9.56. The number of hydrogen-bond acceptors (Lipinski definition) is 3. The molecule has 3 heteroatoms. The van der Waals surface area contributed by atoms with E-state index in [-0.39, 0.29) is 0 Å². The van der Waals surface area contributed by atoms with Gasteiger partial charge in [-0.3, -0.25) is 0 Å². The van der Waals surface area contributed by atoms with E-state index < -0.39 is 0 Å². The molecule has 1 aromatic rings. The lowest BCUT2D eigenvalue weighted by atomic mass is 10.1. The topological polar surface area (TPSA) is 15.3 Å². The van der Waals surface area contributed by atoms with Gasteiger partial charge in [0, 0.05) is 36.3 Å². The van der Waals surface area contributed by atoms with Crippen LogP contribution in [0.1, 0.15) is 31.9 Å². The third-order valence-electron chi connectivity index (χ3n) is 3.80. The quantitative estimate of drug-likeness (QED) is 0.891. The van der Waals surface area contributed by atoms with Gasteiger partial charge in [0.1, 0.15) is 0 Å². The van der Waals surface area contributed by atoms with Crippen molar-refractivity contribution >= 4 is 17.4 Å². The fraction of sp³-hybridized carbons (Fsp3) is 0.647. The Morgan fingerprint density at radius 1 is 1.40 bits per heavy atom. The maximum absolute atomic E-state index is 3.53. The Kier molecular flexibility index (Phi) is 5.79. The third kappa shape index (κ3) is 4.42. The zero-order valence-electron chi connectivity index (χ0n) is 13.3. The molecule has 1 atom stereocenters. The summed E-state index contributed by atoms with van der Waals surface area (Å²) >= 11 is 2.09. The summed E-state index contributed by atoms with van der Waals surface area (Å²) in [6.07, 6.45) is 0. The molecule has 1 aliphatic heterocycles. The molecule has 0 aliphatic carbocycles. The summed E-state index contributed by atoms with van der Waals surface area (Å²) in [4.78, 5) is 2.53. The first kappa shape index (κ1) is 15.7. The van der Waals surface area contributed by atoms with E-state index in [1.807, 2.05) is 0 Å². The van der Waals surface area contributed by atoms with E-state index in [1.54, 1.807) is 0 Å². The summed E-state index contributed by atoms with van der Waals surface area (Å²) in [6.45, 7) is 13.5. The molecule has 1 aliphatic rings. The lowest BCUT2D eigenvalue weighted by Gasteiger charge is -2.32. The first-order valence-corrected chi connectivity index (χ1v) is 8.78. The van der Waals surface area contributed by atoms with E-state index in [2.05, 4.69) is 67.9 Å². The number of nitrogens with zero attached hydrogens (tertiary/aromatic N) is 1. The maximum Gasteiger partial charge on any atom is 0.0369 e. The molecule has 1 N–H and O–H groups in total. The second kappa shape index (κ2) is 7.37. The van der Waals surface area contributed by atoms with Crippen molar-refractivity contribution in [2.75, 3.05) is 30.3 Å². The molecular formula is C17H28N2S. The maximum atomic E-state index is 3.53. The van der Waals surface area contributed by atoms with Crippen molar-refractivity contribution in [3.63, 3.8) is 0 Å². The van der Waals surface area contributed by atoms with Crippen LogP contribution in [0.5, 0.6) is 0 Å². The van der Waals surface area contributed by atoms with Crippen LogP contribution in [0.2, 0.25) is 0 Å². The molecule has 20 heavy (non-hydrogen) atoms. The monoisotopic (exact) mass is 292 g/mol. The summed E-state index contributed by atoms with van der Waals surface area (Å²) in [5.41, 5.74) is 4.22. The molecule has 0 saturated carbocycles. The molecule has 0 amide bonds. The van der Waals surface area contributed by atoms with Crippen LogP contribution in [0.3, 0.4) is 0 Å². The van der Waals surface area contributed by atoms with Gasteiger partial charge in [0.15, 0.2) is 0 Å². The minimum Gasteiger partial charge on any atom is -0.370 e. The third-order valence-corrected chi connectivity index (χ3v) is 4.94. The molecule has 0 bridgehead atoms. The van der Waals surface area contributed by atoms with Crippen LogP contribution in [-0.4, -0.2) is 30.6 Å². The van der Waals surface area contributed by atoms with Crippen LogP contribution in [-0.2, 0) is 6.54 Å². The number of hydrogen-bond donors (Lipinski definition) is 1. The van der Waals surface area contributed by atoms with Crippen molar-refractivity contribution in [2.45, 2.75) is 39.5 Å². The highest BCUT2D eigenvalue weighted by Crippen LogP contribution is 2.25. The summed E-state index contributed by atoms with van der Waals surface area (Å²) in [5, 5.41) is 4.28. The standard InChI is InChI=1S/C17H28N2S/c1-13(2)10-18-11-16-5-6-17(9-14(16)3)19-7-8-20-15(4)12-19/h5-6,9,13,15,18H,7-8,10-12H2,1-4H3. The molecule has 2 nitrogen and oxygen atoms in total. The van der Waals surface area contributed by atoms with Crippen LogP contribution in [0, 0.1) is 12.8 Å². The summed E-state index contributed by atoms with van der Waals surface area (Å²) in [6, 6.07) is 6.95. The fourth-order valence-electron chi connectivity index (χ4n) is 2.62. The van der Waals surface area contributed by atoms with Crippen LogP contribution in [0.15, 0.2) is 18.2 Å². The number of benzene rings is 1. The summed E-state index contributed by atoms with van der Waals surface area (Å²) in [5.74, 6) is 1.96. The highest BCUT2D eigenvalue weighted by Gasteiger charge is 2.17. The average Bonchev–Trinajstić information content (AvgIpc) is 2.40. The van der Waals surface area contributed by atoms with Crippen molar-refractivity contribution < 1.29 is 0 Å². The lowest BCUT2D eigenvalue weighted by molar-refractivity contribution is 0.551. The molecule has 1 heterocycles. The van der Waals surface area contributed by atoms with E-state index >= 15 is 0 Å². The summed E-state index contributed by atoms with van der Waals surface area (Å²) in [7, 11) is 0. The van der Waals surface area contributed by atoms with Crippen LogP contribution in [0.25, 0.3) is 0 Å². The van der Waals surface area contributed by atoms with E-state index in [4.69, 9.17) is 0 Å². The van der Waals surface area contributed by atoms with Gasteiger partial charge in [0.25, 0.3) is 0 Å². The number of aryl methyl sites for hydroxylation is 1. The van der Waals surface area contributed by atoms with Crippen LogP contribution < -0.4 is 10.2 Å². The Hall–Kier alpha value is -0.670. The minimum atomic E-state index is 0.710. The minimum absolute atomic E-state index is 0.710. The van der Waals surface area contributed by atoms with Gasteiger partial charge in [0.2, 0.25) is 0 Å². The van der Waals surface area contributed by atoms with Crippen molar-refractivity contribution in [1.29, 1.82) is 0 Å². The van der Waals surface area contributed by atoms with Crippen LogP contribution >= 0.6 is 11.8 Å². The van der Waals surface area contributed by atoms with Crippen molar-refractivity contribution in [3.8, 4) is 0 Å². The second-order valence-corrected chi connectivity index (χ2v) is 7.81. The van der Waals surface area contributed by atoms with E-state index in [0.29, 0.717) is 5.92 Å². The zero-order valence-corrected chi connectivity index (χ0v) is 14.1. The van der Waals surface area contributed by atoms with Crippen molar-refractivity contribution in [2.24, 2.45) is 5.92 Å². The van der Waals surface area contributed by atoms with Gasteiger partial charge in [-0.25, -0.2) is 0 Å². The Balaban J connectivity index is 1.98. The molecule has 1 fully saturated rings. The number of nitrogens with one attached hydrogen (secondary N) is 1. The number of thioether (sulfide) groups is 1. The van der Waals surface area contributed by atoms with Gasteiger partial charge in [0.05, 0.1) is 0 Å². The van der Waals surface area contributed by atoms with Gasteiger partial charge >= 0.3 is 0 Å². The normalized spacial score (nSPS) is 19.6. The number of anilines is 1. The average molecular weight is 292 g/mol. The second-order valence-electron chi connectivity index (χ2n) is 6.26. The Morgan fingerprint density at radius 2 is 2.20 bits per heavy atom. The molecule has 0 spiro atoms. The molecule has 1 aromatic carbocycles.